The Labute approximate surface area is 126 Å². The Hall–Kier alpha value is -2.89. The van der Waals surface area contributed by atoms with Gasteiger partial charge in [-0.1, -0.05) is 18.2 Å². The van der Waals surface area contributed by atoms with Crippen LogP contribution in [0.5, 0.6) is 0 Å². The fourth-order valence-electron chi connectivity index (χ4n) is 2.34. The molecule has 0 fully saturated rings. The summed E-state index contributed by atoms with van der Waals surface area (Å²) >= 11 is 0. The van der Waals surface area contributed by atoms with Crippen molar-refractivity contribution in [1.82, 2.24) is 15.1 Å². The minimum atomic E-state index is -0.311. The lowest BCUT2D eigenvalue weighted by atomic mass is 10.1. The highest BCUT2D eigenvalue weighted by molar-refractivity contribution is 6.04. The summed E-state index contributed by atoms with van der Waals surface area (Å²) in [4.78, 5) is 26.0. The molecule has 3 rings (SSSR count). The summed E-state index contributed by atoms with van der Waals surface area (Å²) in [6, 6.07) is 10.3. The number of benzene rings is 1. The van der Waals surface area contributed by atoms with Gasteiger partial charge in [-0.3, -0.25) is 9.59 Å². The molecule has 112 valence electrons. The number of nitrogens with one attached hydrogen (secondary N) is 1. The number of aromatic amines is 1. The van der Waals surface area contributed by atoms with E-state index in [0.29, 0.717) is 16.5 Å². The molecule has 0 radical (unpaired) electrons. The van der Waals surface area contributed by atoms with Gasteiger partial charge < -0.3 is 9.32 Å². The number of aromatic nitrogens is 2. The molecule has 0 aliphatic rings. The SMILES string of the molecule is CC(c1ccco1)N(C)C(=O)c1n[nH]c(=O)c2ccccc12. The molecule has 6 heteroatoms. The molecule has 1 atom stereocenters. The van der Waals surface area contributed by atoms with E-state index in [9.17, 15) is 9.59 Å². The number of carbonyl (C=O) groups excluding carboxylic acids is 1. The zero-order valence-electron chi connectivity index (χ0n) is 12.2. The second-order valence-electron chi connectivity index (χ2n) is 5.05. The van der Waals surface area contributed by atoms with E-state index in [1.807, 2.05) is 13.0 Å². The molecule has 3 aromatic rings. The van der Waals surface area contributed by atoms with Crippen LogP contribution < -0.4 is 5.56 Å². The first kappa shape index (κ1) is 14.1. The number of hydrogen-bond acceptors (Lipinski definition) is 4. The fourth-order valence-corrected chi connectivity index (χ4v) is 2.34. The number of rotatable bonds is 3. The monoisotopic (exact) mass is 297 g/mol. The molecule has 2 aromatic heterocycles. The Morgan fingerprint density at radius 3 is 2.64 bits per heavy atom. The quantitative estimate of drug-likeness (QED) is 0.804. The Balaban J connectivity index is 2.02. The maximum Gasteiger partial charge on any atom is 0.275 e. The summed E-state index contributed by atoms with van der Waals surface area (Å²) < 4.78 is 5.34. The molecule has 0 spiro atoms. The maximum absolute atomic E-state index is 12.7. The number of nitrogens with zero attached hydrogens (tertiary/aromatic N) is 2. The van der Waals surface area contributed by atoms with Gasteiger partial charge in [0.25, 0.3) is 11.5 Å². The van der Waals surface area contributed by atoms with Gasteiger partial charge in [-0.05, 0) is 25.1 Å². The molecule has 6 nitrogen and oxygen atoms in total. The van der Waals surface area contributed by atoms with Crippen molar-refractivity contribution in [1.29, 1.82) is 0 Å². The van der Waals surface area contributed by atoms with Crippen molar-refractivity contribution in [3.05, 3.63) is 64.5 Å². The summed E-state index contributed by atoms with van der Waals surface area (Å²) in [6.07, 6.45) is 1.57. The van der Waals surface area contributed by atoms with Crippen molar-refractivity contribution in [3.8, 4) is 0 Å². The number of carbonyl (C=O) groups is 1. The summed E-state index contributed by atoms with van der Waals surface area (Å²) in [5.74, 6) is 0.404. The first-order valence-corrected chi connectivity index (χ1v) is 6.87. The van der Waals surface area contributed by atoms with E-state index < -0.39 is 0 Å². The van der Waals surface area contributed by atoms with E-state index in [1.165, 1.54) is 4.90 Å². The van der Waals surface area contributed by atoms with E-state index in [4.69, 9.17) is 4.42 Å². The van der Waals surface area contributed by atoms with Crippen LogP contribution in [0, 0.1) is 0 Å². The molecule has 0 bridgehead atoms. The van der Waals surface area contributed by atoms with Gasteiger partial charge in [-0.15, -0.1) is 0 Å². The topological polar surface area (TPSA) is 79.2 Å². The standard InChI is InChI=1S/C16H15N3O3/c1-10(13-8-5-9-22-13)19(2)16(21)14-11-6-3-4-7-12(11)15(20)18-17-14/h3-10H,1-2H3,(H,18,20). The van der Waals surface area contributed by atoms with Crippen molar-refractivity contribution in [2.45, 2.75) is 13.0 Å². The predicted molar refractivity (Wildman–Crippen MR) is 81.6 cm³/mol. The minimum absolute atomic E-state index is 0.219. The van der Waals surface area contributed by atoms with Crippen LogP contribution >= 0.6 is 0 Å². The highest BCUT2D eigenvalue weighted by Gasteiger charge is 2.24. The first-order chi connectivity index (χ1) is 10.6. The Bertz CT molecular complexity index is 868. The molecule has 0 aliphatic carbocycles. The van der Waals surface area contributed by atoms with Crippen molar-refractivity contribution in [3.63, 3.8) is 0 Å². The largest absolute Gasteiger partial charge is 0.467 e. The molecular weight excluding hydrogens is 282 g/mol. The zero-order valence-corrected chi connectivity index (χ0v) is 12.2. The lowest BCUT2D eigenvalue weighted by molar-refractivity contribution is 0.0721. The van der Waals surface area contributed by atoms with Crippen molar-refractivity contribution >= 4 is 16.7 Å². The van der Waals surface area contributed by atoms with Gasteiger partial charge in [0.1, 0.15) is 5.76 Å². The summed E-state index contributed by atoms with van der Waals surface area (Å²) in [6.45, 7) is 1.87. The highest BCUT2D eigenvalue weighted by Crippen LogP contribution is 2.22. The second-order valence-corrected chi connectivity index (χ2v) is 5.05. The highest BCUT2D eigenvalue weighted by atomic mass is 16.3. The van der Waals surface area contributed by atoms with Gasteiger partial charge in [0.15, 0.2) is 5.69 Å². The second kappa shape index (κ2) is 5.48. The van der Waals surface area contributed by atoms with Crippen LogP contribution in [0.15, 0.2) is 51.9 Å². The molecule has 0 saturated carbocycles. The van der Waals surface area contributed by atoms with Crippen LogP contribution in [0.1, 0.15) is 29.2 Å². The lowest BCUT2D eigenvalue weighted by Gasteiger charge is -2.23. The molecule has 1 aromatic carbocycles. The number of amides is 1. The minimum Gasteiger partial charge on any atom is -0.467 e. The zero-order chi connectivity index (χ0) is 15.7. The van der Waals surface area contributed by atoms with Crippen LogP contribution in [0.3, 0.4) is 0 Å². The number of hydrogen-bond donors (Lipinski definition) is 1. The first-order valence-electron chi connectivity index (χ1n) is 6.87. The Morgan fingerprint density at radius 2 is 1.95 bits per heavy atom. The van der Waals surface area contributed by atoms with Crippen molar-refractivity contribution < 1.29 is 9.21 Å². The number of fused-ring (bicyclic) bond motifs is 1. The van der Waals surface area contributed by atoms with Gasteiger partial charge in [-0.2, -0.15) is 5.10 Å². The third kappa shape index (κ3) is 2.28. The number of furan rings is 1. The third-order valence-corrected chi connectivity index (χ3v) is 3.75. The molecule has 1 unspecified atom stereocenters. The van der Waals surface area contributed by atoms with Crippen LogP contribution in [0.25, 0.3) is 10.8 Å². The number of H-pyrrole nitrogens is 1. The molecule has 1 amide bonds. The molecule has 1 N–H and O–H groups in total. The summed E-state index contributed by atoms with van der Waals surface area (Å²) in [5.41, 5.74) is -0.0926. The van der Waals surface area contributed by atoms with E-state index in [1.54, 1.807) is 43.6 Å². The van der Waals surface area contributed by atoms with Gasteiger partial charge in [0.2, 0.25) is 0 Å². The summed E-state index contributed by atoms with van der Waals surface area (Å²) in [7, 11) is 1.68. The van der Waals surface area contributed by atoms with E-state index in [0.717, 1.165) is 0 Å². The normalized spacial score (nSPS) is 12.3. The molecule has 2 heterocycles. The van der Waals surface area contributed by atoms with Crippen LogP contribution in [-0.2, 0) is 0 Å². The average molecular weight is 297 g/mol. The third-order valence-electron chi connectivity index (χ3n) is 3.75. The van der Waals surface area contributed by atoms with Gasteiger partial charge in [-0.25, -0.2) is 5.10 Å². The molecular formula is C16H15N3O3. The molecule has 0 saturated heterocycles. The maximum atomic E-state index is 12.7. The van der Waals surface area contributed by atoms with E-state index in [-0.39, 0.29) is 23.2 Å². The van der Waals surface area contributed by atoms with E-state index >= 15 is 0 Å². The molecule has 22 heavy (non-hydrogen) atoms. The summed E-state index contributed by atoms with van der Waals surface area (Å²) in [5, 5.41) is 7.29. The van der Waals surface area contributed by atoms with Crippen LogP contribution in [0.4, 0.5) is 0 Å². The smallest absolute Gasteiger partial charge is 0.275 e. The fraction of sp³-hybridized carbons (Fsp3) is 0.188. The van der Waals surface area contributed by atoms with Gasteiger partial charge in [0.05, 0.1) is 17.7 Å². The predicted octanol–water partition coefficient (Wildman–Crippen LogP) is 2.35. The van der Waals surface area contributed by atoms with Gasteiger partial charge >= 0.3 is 0 Å². The van der Waals surface area contributed by atoms with Gasteiger partial charge in [0, 0.05) is 12.4 Å². The van der Waals surface area contributed by atoms with Crippen LogP contribution in [-0.4, -0.2) is 28.1 Å². The van der Waals surface area contributed by atoms with Crippen molar-refractivity contribution in [2.75, 3.05) is 7.05 Å². The van der Waals surface area contributed by atoms with Crippen LogP contribution in [0.2, 0.25) is 0 Å². The Morgan fingerprint density at radius 1 is 1.23 bits per heavy atom. The molecule has 0 aliphatic heterocycles. The Kier molecular flexibility index (Phi) is 3.50. The average Bonchev–Trinajstić information content (AvgIpc) is 3.08. The lowest BCUT2D eigenvalue weighted by Crippen LogP contribution is -2.31. The van der Waals surface area contributed by atoms with Crippen molar-refractivity contribution in [2.24, 2.45) is 0 Å². The van der Waals surface area contributed by atoms with E-state index in [2.05, 4.69) is 10.2 Å².